The fourth-order valence-electron chi connectivity index (χ4n) is 0.653. The fourth-order valence-corrected chi connectivity index (χ4v) is 0.653. The Balaban J connectivity index is 2.47. The Morgan fingerprint density at radius 1 is 1.23 bits per heavy atom. The van der Waals surface area contributed by atoms with Crippen LogP contribution in [0.5, 0.6) is 0 Å². The summed E-state index contributed by atoms with van der Waals surface area (Å²) < 4.78 is 1.18. The molecule has 1 aromatic rings. The fraction of sp³-hybridized carbons (Fsp3) is 0. The molecule has 1 rings (SSSR count). The molecule has 0 saturated carbocycles. The number of hydrogen-bond acceptors (Lipinski definition) is 3. The SMILES string of the molecule is O=C(O)/C=C/C(=O)On1cccc1. The summed E-state index contributed by atoms with van der Waals surface area (Å²) in [5.41, 5.74) is 0. The zero-order valence-electron chi connectivity index (χ0n) is 6.58. The first-order chi connectivity index (χ1) is 6.18. The lowest BCUT2D eigenvalue weighted by atomic mass is 10.5. The second kappa shape index (κ2) is 4.10. The second-order valence-corrected chi connectivity index (χ2v) is 2.12. The highest BCUT2D eigenvalue weighted by Gasteiger charge is 1.98. The lowest BCUT2D eigenvalue weighted by Crippen LogP contribution is -2.15. The Labute approximate surface area is 73.8 Å². The van der Waals surface area contributed by atoms with Crippen molar-refractivity contribution in [2.45, 2.75) is 0 Å². The molecule has 0 aliphatic rings. The highest BCUT2D eigenvalue weighted by Crippen LogP contribution is 1.86. The Hall–Kier alpha value is -2.04. The number of hydrogen-bond donors (Lipinski definition) is 1. The summed E-state index contributed by atoms with van der Waals surface area (Å²) in [5.74, 6) is -1.93. The topological polar surface area (TPSA) is 68.5 Å². The largest absolute Gasteiger partial charge is 0.478 e. The van der Waals surface area contributed by atoms with Gasteiger partial charge in [0.1, 0.15) is 0 Å². The van der Waals surface area contributed by atoms with Gasteiger partial charge in [0.25, 0.3) is 0 Å². The molecule has 5 heteroatoms. The molecular formula is C8H7NO4. The van der Waals surface area contributed by atoms with E-state index in [0.29, 0.717) is 6.08 Å². The van der Waals surface area contributed by atoms with Gasteiger partial charge < -0.3 is 9.94 Å². The minimum Gasteiger partial charge on any atom is -0.478 e. The van der Waals surface area contributed by atoms with Crippen LogP contribution in [0.1, 0.15) is 0 Å². The van der Waals surface area contributed by atoms with E-state index in [1.165, 1.54) is 17.1 Å². The quantitative estimate of drug-likeness (QED) is 0.670. The first-order valence-electron chi connectivity index (χ1n) is 3.45. The molecule has 0 saturated heterocycles. The summed E-state index contributed by atoms with van der Waals surface area (Å²) in [4.78, 5) is 25.5. The molecule has 0 aromatic carbocycles. The van der Waals surface area contributed by atoms with Gasteiger partial charge in [0.15, 0.2) is 0 Å². The number of rotatable bonds is 3. The van der Waals surface area contributed by atoms with Gasteiger partial charge in [-0.25, -0.2) is 9.59 Å². The molecule has 0 unspecified atom stereocenters. The van der Waals surface area contributed by atoms with Gasteiger partial charge >= 0.3 is 11.9 Å². The first-order valence-corrected chi connectivity index (χ1v) is 3.45. The molecule has 0 fully saturated rings. The molecule has 1 aromatic heterocycles. The molecule has 13 heavy (non-hydrogen) atoms. The zero-order chi connectivity index (χ0) is 9.68. The Bertz CT molecular complexity index is 326. The summed E-state index contributed by atoms with van der Waals surface area (Å²) in [6, 6.07) is 3.35. The summed E-state index contributed by atoms with van der Waals surface area (Å²) in [6.45, 7) is 0. The van der Waals surface area contributed by atoms with Crippen LogP contribution in [-0.2, 0) is 9.59 Å². The maximum absolute atomic E-state index is 10.8. The van der Waals surface area contributed by atoms with Crippen LogP contribution in [0.4, 0.5) is 0 Å². The Morgan fingerprint density at radius 2 is 1.85 bits per heavy atom. The van der Waals surface area contributed by atoms with E-state index in [2.05, 4.69) is 4.84 Å². The minimum absolute atomic E-state index is 0.714. The Morgan fingerprint density at radius 3 is 2.38 bits per heavy atom. The van der Waals surface area contributed by atoms with Gasteiger partial charge in [-0.3, -0.25) is 0 Å². The van der Waals surface area contributed by atoms with Crippen molar-refractivity contribution in [3.8, 4) is 0 Å². The average molecular weight is 181 g/mol. The van der Waals surface area contributed by atoms with E-state index in [1.54, 1.807) is 12.1 Å². The van der Waals surface area contributed by atoms with Crippen LogP contribution < -0.4 is 4.84 Å². The third-order valence-electron chi connectivity index (χ3n) is 1.13. The van der Waals surface area contributed by atoms with Crippen LogP contribution in [-0.4, -0.2) is 21.8 Å². The molecular weight excluding hydrogens is 174 g/mol. The molecule has 1 heterocycles. The van der Waals surface area contributed by atoms with E-state index in [4.69, 9.17) is 5.11 Å². The van der Waals surface area contributed by atoms with Gasteiger partial charge in [-0.15, -0.1) is 0 Å². The van der Waals surface area contributed by atoms with E-state index in [-0.39, 0.29) is 0 Å². The van der Waals surface area contributed by atoms with E-state index in [0.717, 1.165) is 6.08 Å². The van der Waals surface area contributed by atoms with Crippen LogP contribution in [0.3, 0.4) is 0 Å². The van der Waals surface area contributed by atoms with Crippen LogP contribution in [0.2, 0.25) is 0 Å². The van der Waals surface area contributed by atoms with E-state index in [1.807, 2.05) is 0 Å². The first kappa shape index (κ1) is 9.05. The molecule has 0 aliphatic heterocycles. The van der Waals surface area contributed by atoms with E-state index >= 15 is 0 Å². The van der Waals surface area contributed by atoms with Crippen molar-refractivity contribution in [1.29, 1.82) is 0 Å². The van der Waals surface area contributed by atoms with Crippen LogP contribution >= 0.6 is 0 Å². The maximum Gasteiger partial charge on any atom is 0.356 e. The molecule has 1 N–H and O–H groups in total. The van der Waals surface area contributed by atoms with Crippen LogP contribution in [0.15, 0.2) is 36.7 Å². The number of carbonyl (C=O) groups is 2. The van der Waals surface area contributed by atoms with Crippen molar-refractivity contribution in [3.05, 3.63) is 36.7 Å². The third-order valence-corrected chi connectivity index (χ3v) is 1.13. The van der Waals surface area contributed by atoms with Crippen molar-refractivity contribution in [1.82, 2.24) is 4.73 Å². The average Bonchev–Trinajstić information content (AvgIpc) is 2.53. The number of carboxylic acid groups (broad SMARTS) is 1. The summed E-state index contributed by atoms with van der Waals surface area (Å²) in [6.07, 6.45) is 4.59. The zero-order valence-corrected chi connectivity index (χ0v) is 6.58. The Kier molecular flexibility index (Phi) is 2.86. The van der Waals surface area contributed by atoms with Gasteiger partial charge in [-0.05, 0) is 12.1 Å². The monoisotopic (exact) mass is 181 g/mol. The van der Waals surface area contributed by atoms with Crippen LogP contribution in [0.25, 0.3) is 0 Å². The number of carbonyl (C=O) groups excluding carboxylic acids is 1. The molecule has 0 atom stereocenters. The smallest absolute Gasteiger partial charge is 0.356 e. The molecule has 0 bridgehead atoms. The number of aliphatic carboxylic acids is 1. The van der Waals surface area contributed by atoms with Crippen molar-refractivity contribution in [2.75, 3.05) is 0 Å². The lowest BCUT2D eigenvalue weighted by Gasteiger charge is -1.98. The summed E-state index contributed by atoms with van der Waals surface area (Å²) in [5, 5.41) is 8.19. The van der Waals surface area contributed by atoms with Gasteiger partial charge in [0.05, 0.1) is 0 Å². The standard InChI is InChI=1S/C8H7NO4/c10-7(11)3-4-8(12)13-9-5-1-2-6-9/h1-6H,(H,10,11)/b4-3+. The normalized spacial score (nSPS) is 10.2. The number of aromatic nitrogens is 1. The van der Waals surface area contributed by atoms with Crippen LogP contribution in [0, 0.1) is 0 Å². The molecule has 5 nitrogen and oxygen atoms in total. The summed E-state index contributed by atoms with van der Waals surface area (Å²) >= 11 is 0. The van der Waals surface area contributed by atoms with E-state index < -0.39 is 11.9 Å². The highest BCUT2D eigenvalue weighted by atomic mass is 16.7. The maximum atomic E-state index is 10.8. The van der Waals surface area contributed by atoms with E-state index in [9.17, 15) is 9.59 Å². The van der Waals surface area contributed by atoms with Crippen molar-refractivity contribution >= 4 is 11.9 Å². The lowest BCUT2D eigenvalue weighted by molar-refractivity contribution is -0.139. The molecule has 0 amide bonds. The number of nitrogens with zero attached hydrogens (tertiary/aromatic N) is 1. The predicted molar refractivity (Wildman–Crippen MR) is 42.8 cm³/mol. The van der Waals surface area contributed by atoms with Gasteiger partial charge in [0.2, 0.25) is 0 Å². The van der Waals surface area contributed by atoms with Gasteiger partial charge in [0, 0.05) is 24.5 Å². The molecule has 0 aliphatic carbocycles. The number of carboxylic acids is 1. The van der Waals surface area contributed by atoms with Gasteiger partial charge in [-0.1, -0.05) is 0 Å². The van der Waals surface area contributed by atoms with Crippen molar-refractivity contribution < 1.29 is 19.5 Å². The van der Waals surface area contributed by atoms with Crippen molar-refractivity contribution in [2.24, 2.45) is 0 Å². The third kappa shape index (κ3) is 3.24. The molecule has 0 spiro atoms. The predicted octanol–water partition coefficient (Wildman–Crippen LogP) is 0.0841. The molecule has 0 radical (unpaired) electrons. The van der Waals surface area contributed by atoms with Gasteiger partial charge in [-0.2, -0.15) is 4.73 Å². The second-order valence-electron chi connectivity index (χ2n) is 2.12. The van der Waals surface area contributed by atoms with Crippen molar-refractivity contribution in [3.63, 3.8) is 0 Å². The molecule has 68 valence electrons. The minimum atomic E-state index is -1.19. The highest BCUT2D eigenvalue weighted by molar-refractivity contribution is 5.90. The summed E-state index contributed by atoms with van der Waals surface area (Å²) in [7, 11) is 0.